The van der Waals surface area contributed by atoms with Gasteiger partial charge >= 0.3 is 0 Å². The number of fused-ring (bicyclic) bond motifs is 1. The monoisotopic (exact) mass is 437 g/mol. The number of thioether (sulfide) groups is 1. The largest absolute Gasteiger partial charge is 0.349 e. The minimum absolute atomic E-state index is 0.0137. The minimum Gasteiger partial charge on any atom is -0.349 e. The number of nitrogens with zero attached hydrogens (tertiary/aromatic N) is 4. The lowest BCUT2D eigenvalue weighted by atomic mass is 10.1. The number of rotatable bonds is 6. The van der Waals surface area contributed by atoms with Gasteiger partial charge in [0, 0.05) is 28.3 Å². The van der Waals surface area contributed by atoms with Crippen molar-refractivity contribution in [3.8, 4) is 5.69 Å². The minimum atomic E-state index is -0.0766. The Morgan fingerprint density at radius 2 is 1.97 bits per heavy atom. The van der Waals surface area contributed by atoms with E-state index in [1.54, 1.807) is 23.9 Å². The van der Waals surface area contributed by atoms with Crippen molar-refractivity contribution in [1.29, 1.82) is 0 Å². The molecule has 0 aliphatic heterocycles. The van der Waals surface area contributed by atoms with Crippen LogP contribution in [-0.2, 0) is 4.79 Å². The quantitative estimate of drug-likeness (QED) is 0.347. The lowest BCUT2D eigenvalue weighted by Crippen LogP contribution is -2.28. The molecule has 154 valence electrons. The molecule has 0 spiro atoms. The molecule has 0 aliphatic rings. The molecule has 1 aromatic carbocycles. The first-order valence-electron chi connectivity index (χ1n) is 9.67. The number of nitrogens with one attached hydrogen (secondary N) is 1. The average molecular weight is 438 g/mol. The third kappa shape index (κ3) is 4.24. The molecule has 0 aliphatic carbocycles. The topological polar surface area (TPSA) is 72.7 Å². The van der Waals surface area contributed by atoms with Gasteiger partial charge in [0.25, 0.3) is 0 Å². The number of hydrogen-bond donors (Lipinski definition) is 1. The highest BCUT2D eigenvalue weighted by Gasteiger charge is 2.16. The van der Waals surface area contributed by atoms with Gasteiger partial charge in [0.05, 0.1) is 18.1 Å². The zero-order valence-electron chi connectivity index (χ0n) is 17.3. The highest BCUT2D eigenvalue weighted by Crippen LogP contribution is 2.35. The Labute approximate surface area is 183 Å². The van der Waals surface area contributed by atoms with Crippen molar-refractivity contribution >= 4 is 39.2 Å². The van der Waals surface area contributed by atoms with Crippen molar-refractivity contribution in [3.05, 3.63) is 64.8 Å². The fourth-order valence-corrected chi connectivity index (χ4v) is 5.35. The molecule has 0 saturated heterocycles. The fourth-order valence-electron chi connectivity index (χ4n) is 3.27. The lowest BCUT2D eigenvalue weighted by molar-refractivity contribution is -0.119. The molecule has 0 saturated carbocycles. The molecule has 3 heterocycles. The van der Waals surface area contributed by atoms with Crippen LogP contribution < -0.4 is 5.32 Å². The van der Waals surface area contributed by atoms with E-state index in [0.29, 0.717) is 5.75 Å². The van der Waals surface area contributed by atoms with Crippen LogP contribution in [0.2, 0.25) is 0 Å². The molecule has 0 fully saturated rings. The van der Waals surface area contributed by atoms with Crippen molar-refractivity contribution in [1.82, 2.24) is 24.8 Å². The van der Waals surface area contributed by atoms with Gasteiger partial charge in [-0.25, -0.2) is 15.0 Å². The smallest absolute Gasteiger partial charge is 0.230 e. The van der Waals surface area contributed by atoms with E-state index in [9.17, 15) is 4.79 Å². The summed E-state index contributed by atoms with van der Waals surface area (Å²) in [5.41, 5.74) is 3.29. The van der Waals surface area contributed by atoms with E-state index in [0.717, 1.165) is 32.3 Å². The van der Waals surface area contributed by atoms with Crippen LogP contribution in [0.3, 0.4) is 0 Å². The van der Waals surface area contributed by atoms with Crippen molar-refractivity contribution in [2.45, 2.75) is 38.8 Å². The molecule has 3 aromatic heterocycles. The SMILES string of the molecule is Cc1nc(SCC(=O)N[C@H](C)c2ccc(-n3ccnc3)cc2)c2c(C)c(C)sc2n1. The van der Waals surface area contributed by atoms with Crippen LogP contribution in [-0.4, -0.2) is 31.2 Å². The Balaban J connectivity index is 1.41. The van der Waals surface area contributed by atoms with Crippen molar-refractivity contribution < 1.29 is 4.79 Å². The van der Waals surface area contributed by atoms with E-state index in [-0.39, 0.29) is 11.9 Å². The van der Waals surface area contributed by atoms with Crippen LogP contribution in [0.15, 0.2) is 48.0 Å². The van der Waals surface area contributed by atoms with Gasteiger partial charge in [0.1, 0.15) is 15.7 Å². The first-order chi connectivity index (χ1) is 14.4. The number of aryl methyl sites for hydroxylation is 3. The maximum atomic E-state index is 12.6. The van der Waals surface area contributed by atoms with E-state index in [4.69, 9.17) is 0 Å². The molecule has 6 nitrogen and oxygen atoms in total. The van der Waals surface area contributed by atoms with E-state index >= 15 is 0 Å². The summed E-state index contributed by atoms with van der Waals surface area (Å²) in [5, 5.41) is 5.04. The van der Waals surface area contributed by atoms with Gasteiger partial charge in [-0.2, -0.15) is 0 Å². The number of amides is 1. The van der Waals surface area contributed by atoms with Crippen LogP contribution in [0.1, 0.15) is 34.8 Å². The number of imidazole rings is 1. The zero-order valence-corrected chi connectivity index (χ0v) is 19.0. The third-order valence-electron chi connectivity index (χ3n) is 5.02. The molecule has 1 N–H and O–H groups in total. The third-order valence-corrected chi connectivity index (χ3v) is 7.10. The first kappa shape index (κ1) is 20.6. The molecular formula is C22H23N5OS2. The highest BCUT2D eigenvalue weighted by atomic mass is 32.2. The number of hydrogen-bond acceptors (Lipinski definition) is 6. The maximum Gasteiger partial charge on any atom is 0.230 e. The van der Waals surface area contributed by atoms with E-state index in [1.165, 1.54) is 22.2 Å². The summed E-state index contributed by atoms with van der Waals surface area (Å²) < 4.78 is 1.95. The van der Waals surface area contributed by atoms with E-state index < -0.39 is 0 Å². The van der Waals surface area contributed by atoms with E-state index in [1.807, 2.05) is 48.9 Å². The molecule has 8 heteroatoms. The number of aromatic nitrogens is 4. The van der Waals surface area contributed by atoms with Crippen LogP contribution in [0.25, 0.3) is 15.9 Å². The molecular weight excluding hydrogens is 414 g/mol. The Kier molecular flexibility index (Phi) is 5.87. The van der Waals surface area contributed by atoms with Crippen LogP contribution in [0.5, 0.6) is 0 Å². The first-order valence-corrected chi connectivity index (χ1v) is 11.5. The van der Waals surface area contributed by atoms with Crippen LogP contribution in [0, 0.1) is 20.8 Å². The van der Waals surface area contributed by atoms with E-state index in [2.05, 4.69) is 34.1 Å². The number of carbonyl (C=O) groups is 1. The fraction of sp³-hybridized carbons (Fsp3) is 0.273. The Morgan fingerprint density at radius 1 is 1.20 bits per heavy atom. The Morgan fingerprint density at radius 3 is 2.67 bits per heavy atom. The molecule has 0 bridgehead atoms. The normalized spacial score (nSPS) is 12.3. The summed E-state index contributed by atoms with van der Waals surface area (Å²) in [4.78, 5) is 28.0. The predicted octanol–water partition coefficient (Wildman–Crippen LogP) is 4.77. The summed E-state index contributed by atoms with van der Waals surface area (Å²) in [7, 11) is 0. The van der Waals surface area contributed by atoms with Crippen LogP contribution in [0.4, 0.5) is 0 Å². The second kappa shape index (κ2) is 8.57. The molecule has 4 aromatic rings. The molecule has 4 rings (SSSR count). The van der Waals surface area contributed by atoms with Crippen LogP contribution >= 0.6 is 23.1 Å². The summed E-state index contributed by atoms with van der Waals surface area (Å²) in [6.45, 7) is 8.07. The number of thiophene rings is 1. The van der Waals surface area contributed by atoms with Gasteiger partial charge in [-0.15, -0.1) is 11.3 Å². The second-order valence-electron chi connectivity index (χ2n) is 7.18. The summed E-state index contributed by atoms with van der Waals surface area (Å²) in [5.74, 6) is 1.04. The summed E-state index contributed by atoms with van der Waals surface area (Å²) >= 11 is 3.15. The van der Waals surface area contributed by atoms with Gasteiger partial charge in [-0.05, 0) is 51.0 Å². The van der Waals surface area contributed by atoms with Gasteiger partial charge in [0.15, 0.2) is 0 Å². The van der Waals surface area contributed by atoms with Crippen molar-refractivity contribution in [2.24, 2.45) is 0 Å². The Bertz CT molecular complexity index is 1180. The molecule has 30 heavy (non-hydrogen) atoms. The zero-order chi connectivity index (χ0) is 21.3. The summed E-state index contributed by atoms with van der Waals surface area (Å²) in [6, 6.07) is 8.03. The van der Waals surface area contributed by atoms with Gasteiger partial charge in [-0.3, -0.25) is 4.79 Å². The molecule has 1 amide bonds. The second-order valence-corrected chi connectivity index (χ2v) is 9.35. The Hall–Kier alpha value is -2.71. The predicted molar refractivity (Wildman–Crippen MR) is 122 cm³/mol. The summed E-state index contributed by atoms with van der Waals surface area (Å²) in [6.07, 6.45) is 5.42. The van der Waals surface area contributed by atoms with Crippen molar-refractivity contribution in [2.75, 3.05) is 5.75 Å². The van der Waals surface area contributed by atoms with Crippen molar-refractivity contribution in [3.63, 3.8) is 0 Å². The number of carbonyl (C=O) groups excluding carboxylic acids is 1. The van der Waals surface area contributed by atoms with Gasteiger partial charge in [-0.1, -0.05) is 23.9 Å². The molecule has 1 atom stereocenters. The van der Waals surface area contributed by atoms with Gasteiger partial charge < -0.3 is 9.88 Å². The molecule has 0 radical (unpaired) electrons. The average Bonchev–Trinajstić information content (AvgIpc) is 3.35. The lowest BCUT2D eigenvalue weighted by Gasteiger charge is -2.15. The standard InChI is InChI=1S/C22H23N5OS2/c1-13-15(3)30-22-20(13)21(25-16(4)26-22)29-11-19(28)24-14(2)17-5-7-18(8-6-17)27-10-9-23-12-27/h5-10,12,14H,11H2,1-4H3,(H,24,28)/t14-/m1/s1. The maximum absolute atomic E-state index is 12.6. The molecule has 0 unspecified atom stereocenters. The van der Waals surface area contributed by atoms with Gasteiger partial charge in [0.2, 0.25) is 5.91 Å². The highest BCUT2D eigenvalue weighted by molar-refractivity contribution is 8.00. The number of benzene rings is 1.